The molecule has 7 heteroatoms. The number of hydrogen-bond donors (Lipinski definition) is 2. The van der Waals surface area contributed by atoms with E-state index in [1.807, 2.05) is 0 Å². The molecule has 7 nitrogen and oxygen atoms in total. The smallest absolute Gasteiger partial charge is 0.329 e. The predicted octanol–water partition coefficient (Wildman–Crippen LogP) is 2.20. The Hall–Kier alpha value is -1.92. The highest BCUT2D eigenvalue weighted by Crippen LogP contribution is 2.36. The summed E-state index contributed by atoms with van der Waals surface area (Å²) < 4.78 is 0. The van der Waals surface area contributed by atoms with Crippen LogP contribution in [0.3, 0.4) is 0 Å². The Morgan fingerprint density at radius 2 is 2.32 bits per heavy atom. The van der Waals surface area contributed by atoms with Crippen molar-refractivity contribution in [2.75, 3.05) is 11.1 Å². The van der Waals surface area contributed by atoms with Gasteiger partial charge in [0.15, 0.2) is 0 Å². The van der Waals surface area contributed by atoms with Crippen LogP contribution >= 0.6 is 0 Å². The quantitative estimate of drug-likeness (QED) is 0.638. The van der Waals surface area contributed by atoms with Crippen LogP contribution in [0.2, 0.25) is 0 Å². The molecular formula is C12H19N5O2. The van der Waals surface area contributed by atoms with Crippen molar-refractivity contribution < 1.29 is 4.92 Å². The van der Waals surface area contributed by atoms with Crippen LogP contribution in [-0.2, 0) is 0 Å². The third-order valence-corrected chi connectivity index (χ3v) is 4.06. The Morgan fingerprint density at radius 1 is 1.58 bits per heavy atom. The first-order valence-electron chi connectivity index (χ1n) is 6.56. The fourth-order valence-electron chi connectivity index (χ4n) is 2.83. The molecule has 104 valence electrons. The van der Waals surface area contributed by atoms with Gasteiger partial charge in [-0.1, -0.05) is 20.3 Å². The van der Waals surface area contributed by atoms with E-state index in [2.05, 4.69) is 29.1 Å². The molecule has 1 fully saturated rings. The largest absolute Gasteiger partial charge is 0.368 e. The van der Waals surface area contributed by atoms with Gasteiger partial charge in [-0.15, -0.1) is 0 Å². The van der Waals surface area contributed by atoms with Gasteiger partial charge in [-0.25, -0.2) is 4.98 Å². The molecule has 1 saturated carbocycles. The minimum absolute atomic E-state index is 0.0470. The number of nitrogens with one attached hydrogen (secondary N) is 1. The monoisotopic (exact) mass is 265 g/mol. The Balaban J connectivity index is 2.19. The van der Waals surface area contributed by atoms with Crippen LogP contribution in [0, 0.1) is 22.0 Å². The van der Waals surface area contributed by atoms with E-state index in [0.29, 0.717) is 11.8 Å². The number of nitrogens with zero attached hydrogens (tertiary/aromatic N) is 3. The van der Waals surface area contributed by atoms with Crippen LogP contribution in [0.1, 0.15) is 33.1 Å². The van der Waals surface area contributed by atoms with Gasteiger partial charge in [-0.2, -0.15) is 4.98 Å². The molecule has 1 aromatic rings. The van der Waals surface area contributed by atoms with Crippen molar-refractivity contribution in [3.8, 4) is 0 Å². The summed E-state index contributed by atoms with van der Waals surface area (Å²) in [7, 11) is 0. The Bertz CT molecular complexity index is 479. The number of aromatic nitrogens is 2. The first-order chi connectivity index (χ1) is 9.02. The van der Waals surface area contributed by atoms with E-state index in [9.17, 15) is 10.1 Å². The first-order valence-corrected chi connectivity index (χ1v) is 6.56. The van der Waals surface area contributed by atoms with Gasteiger partial charge in [-0.3, -0.25) is 10.1 Å². The lowest BCUT2D eigenvalue weighted by molar-refractivity contribution is -0.384. The van der Waals surface area contributed by atoms with E-state index < -0.39 is 4.92 Å². The van der Waals surface area contributed by atoms with E-state index in [1.54, 1.807) is 0 Å². The molecule has 1 heterocycles. The van der Waals surface area contributed by atoms with Crippen LogP contribution in [0.5, 0.6) is 0 Å². The number of nitro groups is 1. The average molecular weight is 265 g/mol. The van der Waals surface area contributed by atoms with E-state index >= 15 is 0 Å². The minimum atomic E-state index is -0.487. The summed E-state index contributed by atoms with van der Waals surface area (Å²) in [6, 6.07) is 0.206. The number of nitrogen functional groups attached to an aromatic ring is 1. The molecule has 3 N–H and O–H groups in total. The zero-order chi connectivity index (χ0) is 14.0. The third kappa shape index (κ3) is 2.74. The van der Waals surface area contributed by atoms with Crippen molar-refractivity contribution in [3.63, 3.8) is 0 Å². The molecule has 0 aliphatic heterocycles. The lowest BCUT2D eigenvalue weighted by Gasteiger charge is -2.21. The molecule has 0 radical (unpaired) electrons. The van der Waals surface area contributed by atoms with E-state index in [0.717, 1.165) is 25.5 Å². The average Bonchev–Trinajstić information content (AvgIpc) is 2.70. The van der Waals surface area contributed by atoms with E-state index in [1.165, 1.54) is 0 Å². The summed E-state index contributed by atoms with van der Waals surface area (Å²) in [6.45, 7) is 4.35. The maximum absolute atomic E-state index is 11.0. The van der Waals surface area contributed by atoms with Crippen LogP contribution < -0.4 is 11.1 Å². The topological polar surface area (TPSA) is 107 Å². The van der Waals surface area contributed by atoms with Gasteiger partial charge in [0.1, 0.15) is 6.20 Å². The van der Waals surface area contributed by atoms with Crippen molar-refractivity contribution in [3.05, 3.63) is 16.3 Å². The second kappa shape index (κ2) is 5.38. The van der Waals surface area contributed by atoms with Gasteiger partial charge < -0.3 is 11.1 Å². The Labute approximate surface area is 111 Å². The molecule has 0 bridgehead atoms. The molecule has 1 aliphatic carbocycles. The van der Waals surface area contributed by atoms with Gasteiger partial charge in [-0.05, 0) is 24.7 Å². The van der Waals surface area contributed by atoms with Crippen molar-refractivity contribution in [1.29, 1.82) is 0 Å². The molecule has 2 rings (SSSR count). The first kappa shape index (κ1) is 13.5. The second-order valence-corrected chi connectivity index (χ2v) is 5.07. The second-order valence-electron chi connectivity index (χ2n) is 5.07. The standard InChI is InChI=1S/C12H19N5O2/c1-3-8-4-5-9(7(8)2)15-11-10(17(18)19)6-14-12(13)16-11/h6-9H,3-5H2,1-2H3,(H3,13,14,15,16). The summed E-state index contributed by atoms with van der Waals surface area (Å²) in [5.74, 6) is 1.41. The van der Waals surface area contributed by atoms with Crippen molar-refractivity contribution in [2.45, 2.75) is 39.2 Å². The van der Waals surface area contributed by atoms with Crippen LogP contribution in [0.25, 0.3) is 0 Å². The van der Waals surface area contributed by atoms with Gasteiger partial charge >= 0.3 is 5.69 Å². The molecule has 0 spiro atoms. The highest BCUT2D eigenvalue weighted by Gasteiger charge is 2.33. The van der Waals surface area contributed by atoms with E-state index in [-0.39, 0.29) is 23.5 Å². The maximum atomic E-state index is 11.0. The molecule has 0 saturated heterocycles. The number of anilines is 2. The molecular weight excluding hydrogens is 246 g/mol. The maximum Gasteiger partial charge on any atom is 0.329 e. The zero-order valence-electron chi connectivity index (χ0n) is 11.2. The van der Waals surface area contributed by atoms with Crippen LogP contribution in [-0.4, -0.2) is 20.9 Å². The summed E-state index contributed by atoms with van der Waals surface area (Å²) in [5, 5.41) is 14.1. The molecule has 1 aliphatic rings. The summed E-state index contributed by atoms with van der Waals surface area (Å²) in [4.78, 5) is 18.1. The Morgan fingerprint density at radius 3 is 2.89 bits per heavy atom. The van der Waals surface area contributed by atoms with Crippen molar-refractivity contribution in [1.82, 2.24) is 9.97 Å². The zero-order valence-corrected chi connectivity index (χ0v) is 11.2. The van der Waals surface area contributed by atoms with Crippen LogP contribution in [0.4, 0.5) is 17.5 Å². The SMILES string of the molecule is CCC1CCC(Nc2nc(N)ncc2[N+](=O)[O-])C1C. The van der Waals surface area contributed by atoms with Crippen molar-refractivity contribution >= 4 is 17.5 Å². The lowest BCUT2D eigenvalue weighted by Crippen LogP contribution is -2.25. The molecule has 1 aromatic heterocycles. The predicted molar refractivity (Wildman–Crippen MR) is 72.7 cm³/mol. The summed E-state index contributed by atoms with van der Waals surface area (Å²) in [6.07, 6.45) is 4.43. The van der Waals surface area contributed by atoms with Gasteiger partial charge in [0.05, 0.1) is 4.92 Å². The van der Waals surface area contributed by atoms with Crippen molar-refractivity contribution in [2.24, 2.45) is 11.8 Å². The number of rotatable bonds is 4. The normalized spacial score (nSPS) is 26.3. The summed E-state index contributed by atoms with van der Waals surface area (Å²) >= 11 is 0. The number of nitrogens with two attached hydrogens (primary N) is 1. The van der Waals surface area contributed by atoms with Gasteiger partial charge in [0.2, 0.25) is 11.8 Å². The van der Waals surface area contributed by atoms with Crippen LogP contribution in [0.15, 0.2) is 6.20 Å². The highest BCUT2D eigenvalue weighted by molar-refractivity contribution is 5.57. The molecule has 0 aromatic carbocycles. The number of hydrogen-bond acceptors (Lipinski definition) is 6. The Kier molecular flexibility index (Phi) is 3.82. The summed E-state index contributed by atoms with van der Waals surface area (Å²) in [5.41, 5.74) is 5.38. The fraction of sp³-hybridized carbons (Fsp3) is 0.667. The third-order valence-electron chi connectivity index (χ3n) is 4.06. The highest BCUT2D eigenvalue weighted by atomic mass is 16.6. The molecule has 3 atom stereocenters. The molecule has 3 unspecified atom stereocenters. The minimum Gasteiger partial charge on any atom is -0.368 e. The fourth-order valence-corrected chi connectivity index (χ4v) is 2.83. The van der Waals surface area contributed by atoms with Gasteiger partial charge in [0, 0.05) is 6.04 Å². The lowest BCUT2D eigenvalue weighted by atomic mass is 9.93. The van der Waals surface area contributed by atoms with E-state index in [4.69, 9.17) is 5.73 Å². The molecule has 19 heavy (non-hydrogen) atoms. The molecule has 0 amide bonds. The van der Waals surface area contributed by atoms with Gasteiger partial charge in [0.25, 0.3) is 0 Å².